The van der Waals surface area contributed by atoms with Gasteiger partial charge in [-0.2, -0.15) is 0 Å². The molecule has 2 nitrogen and oxygen atoms in total. The summed E-state index contributed by atoms with van der Waals surface area (Å²) >= 11 is 0. The van der Waals surface area contributed by atoms with E-state index in [9.17, 15) is 0 Å². The van der Waals surface area contributed by atoms with Gasteiger partial charge in [-0.25, -0.2) is 0 Å². The number of hydrogen-bond donors (Lipinski definition) is 0. The second kappa shape index (κ2) is 10.2. The third-order valence-electron chi connectivity index (χ3n) is 9.58. The van der Waals surface area contributed by atoms with Gasteiger partial charge < -0.3 is 9.13 Å². The molecule has 8 aromatic rings. The van der Waals surface area contributed by atoms with Gasteiger partial charge in [0.1, 0.15) is 0 Å². The van der Waals surface area contributed by atoms with Crippen molar-refractivity contribution in [2.45, 2.75) is 13.3 Å². The summed E-state index contributed by atoms with van der Waals surface area (Å²) < 4.78 is 4.89. The Balaban J connectivity index is 1.17. The first kappa shape index (κ1) is 25.9. The molecule has 1 aliphatic rings. The Morgan fingerprint density at radius 2 is 1.02 bits per heavy atom. The third kappa shape index (κ3) is 4.10. The number of nitrogens with zero attached hydrogens (tertiary/aromatic N) is 2. The van der Waals surface area contributed by atoms with Gasteiger partial charge in [0.25, 0.3) is 0 Å². The lowest BCUT2D eigenvalue weighted by Gasteiger charge is -2.24. The zero-order valence-corrected chi connectivity index (χ0v) is 25.2. The number of aromatic nitrogens is 2. The molecular weight excluding hydrogens is 544 g/mol. The van der Waals surface area contributed by atoms with Crippen LogP contribution >= 0.6 is 0 Å². The molecular formula is C43H32N2. The Bertz CT molecular complexity index is 2410. The number of allylic oxidation sites excluding steroid dienone is 4. The standard InChI is InChI=1S/C43H32N2/c1-29-26-32(22-24-39(29)45-41-20-9-5-16-35(41)36-17-6-10-21-42(36)45)33-23-25-43-38(28-33)37-18-7-8-19-40(37)44(43)34-15-11-14-31(27-34)30-12-3-2-4-13-30/h2-25,27-29H,26H2,1H3. The van der Waals surface area contributed by atoms with Crippen molar-refractivity contribution >= 4 is 54.9 Å². The van der Waals surface area contributed by atoms with Crippen LogP contribution in [-0.2, 0) is 0 Å². The van der Waals surface area contributed by atoms with Crippen LogP contribution in [0.2, 0.25) is 0 Å². The number of hydrogen-bond acceptors (Lipinski definition) is 0. The van der Waals surface area contributed by atoms with Gasteiger partial charge in [-0.1, -0.05) is 116 Å². The van der Waals surface area contributed by atoms with Crippen molar-refractivity contribution in [3.63, 3.8) is 0 Å². The summed E-state index contributed by atoms with van der Waals surface area (Å²) in [7, 11) is 0. The highest BCUT2D eigenvalue weighted by atomic mass is 15.0. The molecule has 0 fully saturated rings. The molecule has 6 aromatic carbocycles. The lowest BCUT2D eigenvalue weighted by molar-refractivity contribution is 0.736. The summed E-state index contributed by atoms with van der Waals surface area (Å²) in [4.78, 5) is 0. The van der Waals surface area contributed by atoms with Gasteiger partial charge >= 0.3 is 0 Å². The molecule has 0 aliphatic heterocycles. The summed E-state index contributed by atoms with van der Waals surface area (Å²) in [5.74, 6) is 0.377. The highest BCUT2D eigenvalue weighted by Crippen LogP contribution is 2.41. The molecule has 0 spiro atoms. The first-order chi connectivity index (χ1) is 22.2. The van der Waals surface area contributed by atoms with Gasteiger partial charge in [0.2, 0.25) is 0 Å². The van der Waals surface area contributed by atoms with Crippen molar-refractivity contribution in [2.75, 3.05) is 0 Å². The molecule has 45 heavy (non-hydrogen) atoms. The molecule has 1 unspecified atom stereocenters. The van der Waals surface area contributed by atoms with Crippen LogP contribution in [0.25, 0.3) is 71.7 Å². The van der Waals surface area contributed by atoms with Crippen LogP contribution in [0.4, 0.5) is 0 Å². The highest BCUT2D eigenvalue weighted by molar-refractivity contribution is 6.11. The minimum absolute atomic E-state index is 0.377. The lowest BCUT2D eigenvalue weighted by atomic mass is 9.88. The highest BCUT2D eigenvalue weighted by Gasteiger charge is 2.22. The minimum atomic E-state index is 0.377. The normalized spacial score (nSPS) is 15.2. The van der Waals surface area contributed by atoms with E-state index < -0.39 is 0 Å². The molecule has 0 bridgehead atoms. The van der Waals surface area contributed by atoms with Crippen molar-refractivity contribution in [1.82, 2.24) is 9.13 Å². The first-order valence-electron chi connectivity index (χ1n) is 15.8. The van der Waals surface area contributed by atoms with E-state index in [1.807, 2.05) is 0 Å². The van der Waals surface area contributed by atoms with Crippen LogP contribution in [0.15, 0.2) is 158 Å². The van der Waals surface area contributed by atoms with E-state index in [4.69, 9.17) is 0 Å². The fraction of sp³-hybridized carbons (Fsp3) is 0.0698. The second-order valence-corrected chi connectivity index (χ2v) is 12.3. The summed E-state index contributed by atoms with van der Waals surface area (Å²) in [6, 6.07) is 52.9. The van der Waals surface area contributed by atoms with Crippen LogP contribution in [-0.4, -0.2) is 9.13 Å². The molecule has 9 rings (SSSR count). The number of rotatable bonds is 4. The topological polar surface area (TPSA) is 9.86 Å². The van der Waals surface area contributed by atoms with Crippen molar-refractivity contribution in [2.24, 2.45) is 5.92 Å². The molecule has 2 aromatic heterocycles. The van der Waals surface area contributed by atoms with Crippen molar-refractivity contribution in [1.29, 1.82) is 0 Å². The predicted molar refractivity (Wildman–Crippen MR) is 192 cm³/mol. The fourth-order valence-corrected chi connectivity index (χ4v) is 7.47. The number of benzene rings is 6. The van der Waals surface area contributed by atoms with Gasteiger partial charge in [-0.3, -0.25) is 0 Å². The van der Waals surface area contributed by atoms with Gasteiger partial charge in [-0.15, -0.1) is 0 Å². The van der Waals surface area contributed by atoms with Crippen molar-refractivity contribution in [3.05, 3.63) is 163 Å². The van der Waals surface area contributed by atoms with Crippen molar-refractivity contribution in [3.8, 4) is 16.8 Å². The SMILES string of the molecule is CC1CC(c2ccc3c(c2)c2ccccc2n3-c2cccc(-c3ccccc3)c2)=CC=C1n1c2ccccc2c2ccccc21. The summed E-state index contributed by atoms with van der Waals surface area (Å²) in [5, 5.41) is 5.20. The Kier molecular flexibility index (Phi) is 5.89. The second-order valence-electron chi connectivity index (χ2n) is 12.3. The maximum absolute atomic E-state index is 2.48. The summed E-state index contributed by atoms with van der Waals surface area (Å²) in [5.41, 5.74) is 12.7. The molecule has 2 heteroatoms. The zero-order chi connectivity index (χ0) is 29.9. The van der Waals surface area contributed by atoms with Crippen LogP contribution < -0.4 is 0 Å². The summed E-state index contributed by atoms with van der Waals surface area (Å²) in [6.45, 7) is 2.37. The molecule has 214 valence electrons. The first-order valence-corrected chi connectivity index (χ1v) is 15.8. The Morgan fingerprint density at radius 3 is 1.71 bits per heavy atom. The van der Waals surface area contributed by atoms with Crippen LogP contribution in [0, 0.1) is 5.92 Å². The predicted octanol–water partition coefficient (Wildman–Crippen LogP) is 11.5. The smallest absolute Gasteiger partial charge is 0.0541 e. The molecule has 0 amide bonds. The van der Waals surface area contributed by atoms with Gasteiger partial charge in [0.05, 0.1) is 22.1 Å². The Hall–Kier alpha value is -5.60. The number of para-hydroxylation sites is 3. The molecule has 0 saturated heterocycles. The molecule has 2 heterocycles. The van der Waals surface area contributed by atoms with E-state index in [0.717, 1.165) is 6.42 Å². The number of fused-ring (bicyclic) bond motifs is 6. The monoisotopic (exact) mass is 576 g/mol. The molecule has 0 radical (unpaired) electrons. The zero-order valence-electron chi connectivity index (χ0n) is 25.2. The van der Waals surface area contributed by atoms with E-state index in [0.29, 0.717) is 5.92 Å². The summed E-state index contributed by atoms with van der Waals surface area (Å²) in [6.07, 6.45) is 5.70. The van der Waals surface area contributed by atoms with E-state index in [2.05, 4.69) is 174 Å². The quantitative estimate of drug-likeness (QED) is 0.197. The third-order valence-corrected chi connectivity index (χ3v) is 9.58. The van der Waals surface area contributed by atoms with Crippen molar-refractivity contribution < 1.29 is 0 Å². The van der Waals surface area contributed by atoms with Crippen LogP contribution in [0.3, 0.4) is 0 Å². The van der Waals surface area contributed by atoms with Crippen LogP contribution in [0.1, 0.15) is 18.9 Å². The van der Waals surface area contributed by atoms with Gasteiger partial charge in [0.15, 0.2) is 0 Å². The maximum atomic E-state index is 2.48. The van der Waals surface area contributed by atoms with Gasteiger partial charge in [-0.05, 0) is 77.2 Å². The Labute approximate surface area is 262 Å². The lowest BCUT2D eigenvalue weighted by Crippen LogP contribution is -2.10. The minimum Gasteiger partial charge on any atom is -0.313 e. The van der Waals surface area contributed by atoms with Crippen LogP contribution in [0.5, 0.6) is 0 Å². The molecule has 1 aliphatic carbocycles. The molecule has 0 saturated carbocycles. The molecule has 0 N–H and O–H groups in total. The maximum Gasteiger partial charge on any atom is 0.0541 e. The Morgan fingerprint density at radius 1 is 0.444 bits per heavy atom. The van der Waals surface area contributed by atoms with Gasteiger partial charge in [0, 0.05) is 38.8 Å². The fourth-order valence-electron chi connectivity index (χ4n) is 7.47. The van der Waals surface area contributed by atoms with E-state index in [1.54, 1.807) is 0 Å². The van der Waals surface area contributed by atoms with E-state index in [-0.39, 0.29) is 0 Å². The largest absolute Gasteiger partial charge is 0.313 e. The average molecular weight is 577 g/mol. The average Bonchev–Trinajstić information content (AvgIpc) is 3.61. The molecule has 1 atom stereocenters. The van der Waals surface area contributed by atoms with E-state index in [1.165, 1.54) is 77.3 Å². The van der Waals surface area contributed by atoms with E-state index >= 15 is 0 Å².